The number of halogens is 1. The van der Waals surface area contributed by atoms with Crippen molar-refractivity contribution in [1.29, 1.82) is 0 Å². The van der Waals surface area contributed by atoms with Crippen molar-refractivity contribution in [2.45, 2.75) is 45.1 Å². The molecule has 0 heterocycles. The van der Waals surface area contributed by atoms with E-state index >= 15 is 0 Å². The van der Waals surface area contributed by atoms with Gasteiger partial charge < -0.3 is 10.6 Å². The zero-order valence-corrected chi connectivity index (χ0v) is 19.8. The van der Waals surface area contributed by atoms with Crippen molar-refractivity contribution in [3.63, 3.8) is 0 Å². The molecule has 174 valence electrons. The number of carbonyl (C=O) groups is 2. The summed E-state index contributed by atoms with van der Waals surface area (Å²) < 4.78 is 40.0. The first-order chi connectivity index (χ1) is 14.8. The molecule has 2 N–H and O–H groups in total. The average molecular weight is 464 g/mol. The van der Waals surface area contributed by atoms with Crippen LogP contribution in [0.2, 0.25) is 0 Å². The molecule has 2 rings (SSSR count). The Balaban J connectivity index is 2.12. The summed E-state index contributed by atoms with van der Waals surface area (Å²) in [5, 5.41) is 5.45. The topological polar surface area (TPSA) is 95.6 Å². The van der Waals surface area contributed by atoms with Crippen LogP contribution in [0.5, 0.6) is 0 Å². The first-order valence-corrected chi connectivity index (χ1v) is 11.6. The maximum atomic E-state index is 13.3. The summed E-state index contributed by atoms with van der Waals surface area (Å²) in [4.78, 5) is 23.8. The lowest BCUT2D eigenvalue weighted by molar-refractivity contribution is -0.122. The summed E-state index contributed by atoms with van der Waals surface area (Å²) in [5.41, 5.74) is 1.09. The molecule has 32 heavy (non-hydrogen) atoms. The van der Waals surface area contributed by atoms with Crippen LogP contribution in [0.1, 0.15) is 45.7 Å². The second-order valence-corrected chi connectivity index (χ2v) is 10.9. The van der Waals surface area contributed by atoms with Crippen molar-refractivity contribution in [2.24, 2.45) is 5.41 Å². The standard InChI is InChI=1S/C23H30FN3O4S/c1-16(28)25-19-10-12-20(13-11-19)32(30,31)27(5)15-22(29)26-21(14-23(2,3)4)17-6-8-18(24)9-7-17/h6-13,21H,14-15H2,1-5H3,(H,25,28)(H,26,29). The first kappa shape index (κ1) is 25.5. The molecule has 0 aliphatic carbocycles. The minimum atomic E-state index is -3.91. The lowest BCUT2D eigenvalue weighted by Gasteiger charge is -2.28. The van der Waals surface area contributed by atoms with Gasteiger partial charge in [-0.2, -0.15) is 4.31 Å². The number of amides is 2. The van der Waals surface area contributed by atoms with E-state index in [1.807, 2.05) is 20.8 Å². The molecule has 1 atom stereocenters. The third kappa shape index (κ3) is 7.42. The highest BCUT2D eigenvalue weighted by atomic mass is 32.2. The number of hydrogen-bond acceptors (Lipinski definition) is 4. The Labute approximate surface area is 189 Å². The number of rotatable bonds is 8. The molecule has 0 aliphatic rings. The van der Waals surface area contributed by atoms with Crippen LogP contribution in [-0.4, -0.2) is 38.1 Å². The van der Waals surface area contributed by atoms with E-state index in [1.165, 1.54) is 50.4 Å². The lowest BCUT2D eigenvalue weighted by Crippen LogP contribution is -2.40. The fourth-order valence-corrected chi connectivity index (χ4v) is 4.31. The van der Waals surface area contributed by atoms with Gasteiger partial charge in [-0.25, -0.2) is 12.8 Å². The van der Waals surface area contributed by atoms with Crippen LogP contribution in [0.3, 0.4) is 0 Å². The van der Waals surface area contributed by atoms with E-state index in [9.17, 15) is 22.4 Å². The highest BCUT2D eigenvalue weighted by molar-refractivity contribution is 7.89. The normalized spacial score (nSPS) is 13.0. The molecule has 0 aromatic heterocycles. The Morgan fingerprint density at radius 2 is 1.59 bits per heavy atom. The van der Waals surface area contributed by atoms with Crippen molar-refractivity contribution in [3.05, 3.63) is 59.9 Å². The maximum absolute atomic E-state index is 13.3. The molecule has 0 fully saturated rings. The van der Waals surface area contributed by atoms with Crippen molar-refractivity contribution < 1.29 is 22.4 Å². The average Bonchev–Trinajstić information content (AvgIpc) is 2.66. The monoisotopic (exact) mass is 463 g/mol. The molecule has 0 saturated carbocycles. The van der Waals surface area contributed by atoms with Gasteiger partial charge in [0, 0.05) is 19.7 Å². The number of likely N-dealkylation sites (N-methyl/N-ethyl adjacent to an activating group) is 1. The van der Waals surface area contributed by atoms with Gasteiger partial charge in [-0.15, -0.1) is 0 Å². The number of carbonyl (C=O) groups excluding carboxylic acids is 2. The van der Waals surface area contributed by atoms with Crippen molar-refractivity contribution in [3.8, 4) is 0 Å². The number of hydrogen-bond donors (Lipinski definition) is 2. The summed E-state index contributed by atoms with van der Waals surface area (Å²) >= 11 is 0. The van der Waals surface area contributed by atoms with Crippen LogP contribution >= 0.6 is 0 Å². The van der Waals surface area contributed by atoms with Crippen molar-refractivity contribution in [1.82, 2.24) is 9.62 Å². The Morgan fingerprint density at radius 3 is 2.09 bits per heavy atom. The molecular formula is C23H30FN3O4S. The van der Waals surface area contributed by atoms with Crippen LogP contribution in [0, 0.1) is 11.2 Å². The molecule has 2 amide bonds. The van der Waals surface area contributed by atoms with E-state index in [0.717, 1.165) is 9.87 Å². The number of nitrogens with zero attached hydrogens (tertiary/aromatic N) is 1. The summed E-state index contributed by atoms with van der Waals surface area (Å²) in [5.74, 6) is -1.10. The number of anilines is 1. The third-order valence-corrected chi connectivity index (χ3v) is 6.49. The van der Waals surface area contributed by atoms with Gasteiger partial charge in [0.25, 0.3) is 0 Å². The minimum absolute atomic E-state index is 0.00618. The molecular weight excluding hydrogens is 433 g/mol. The highest BCUT2D eigenvalue weighted by Crippen LogP contribution is 2.29. The summed E-state index contributed by atoms with van der Waals surface area (Å²) in [6, 6.07) is 11.2. The van der Waals surface area contributed by atoms with Crippen LogP contribution in [0.4, 0.5) is 10.1 Å². The summed E-state index contributed by atoms with van der Waals surface area (Å²) in [6.07, 6.45) is 0.589. The van der Waals surface area contributed by atoms with E-state index in [1.54, 1.807) is 12.1 Å². The highest BCUT2D eigenvalue weighted by Gasteiger charge is 2.26. The van der Waals surface area contributed by atoms with Crippen LogP contribution < -0.4 is 10.6 Å². The predicted octanol–water partition coefficient (Wildman–Crippen LogP) is 3.70. The van der Waals surface area contributed by atoms with E-state index in [-0.39, 0.29) is 28.6 Å². The van der Waals surface area contributed by atoms with Gasteiger partial charge in [-0.05, 0) is 53.8 Å². The molecule has 0 bridgehead atoms. The molecule has 0 spiro atoms. The van der Waals surface area contributed by atoms with Crippen LogP contribution in [0.15, 0.2) is 53.4 Å². The van der Waals surface area contributed by atoms with Gasteiger partial charge >= 0.3 is 0 Å². The van der Waals surface area contributed by atoms with Crippen LogP contribution in [-0.2, 0) is 19.6 Å². The fourth-order valence-electron chi connectivity index (χ4n) is 3.18. The Kier molecular flexibility index (Phi) is 8.14. The van der Waals surface area contributed by atoms with E-state index in [4.69, 9.17) is 0 Å². The third-order valence-electron chi connectivity index (χ3n) is 4.67. The second-order valence-electron chi connectivity index (χ2n) is 8.90. The second kappa shape index (κ2) is 10.2. The molecule has 0 radical (unpaired) electrons. The number of benzene rings is 2. The van der Waals surface area contributed by atoms with Crippen LogP contribution in [0.25, 0.3) is 0 Å². The molecule has 9 heteroatoms. The molecule has 0 saturated heterocycles. The number of sulfonamides is 1. The Morgan fingerprint density at radius 1 is 1.03 bits per heavy atom. The summed E-state index contributed by atoms with van der Waals surface area (Å²) in [6.45, 7) is 7.05. The van der Waals surface area contributed by atoms with Gasteiger partial charge in [0.2, 0.25) is 21.8 Å². The van der Waals surface area contributed by atoms with Gasteiger partial charge in [0.05, 0.1) is 17.5 Å². The predicted molar refractivity (Wildman–Crippen MR) is 122 cm³/mol. The van der Waals surface area contributed by atoms with Crippen molar-refractivity contribution in [2.75, 3.05) is 18.9 Å². The van der Waals surface area contributed by atoms with Gasteiger partial charge in [0.1, 0.15) is 5.82 Å². The zero-order chi connectivity index (χ0) is 24.1. The summed E-state index contributed by atoms with van der Waals surface area (Å²) in [7, 11) is -2.58. The van der Waals surface area contributed by atoms with E-state index < -0.39 is 22.0 Å². The molecule has 0 aliphatic heterocycles. The smallest absolute Gasteiger partial charge is 0.243 e. The van der Waals surface area contributed by atoms with Gasteiger partial charge in [0.15, 0.2) is 0 Å². The first-order valence-electron chi connectivity index (χ1n) is 10.2. The fraction of sp³-hybridized carbons (Fsp3) is 0.391. The van der Waals surface area contributed by atoms with E-state index in [2.05, 4.69) is 10.6 Å². The van der Waals surface area contributed by atoms with E-state index in [0.29, 0.717) is 12.1 Å². The largest absolute Gasteiger partial charge is 0.348 e. The van der Waals surface area contributed by atoms with Gasteiger partial charge in [-0.1, -0.05) is 32.9 Å². The molecule has 7 nitrogen and oxygen atoms in total. The lowest BCUT2D eigenvalue weighted by atomic mass is 9.85. The SMILES string of the molecule is CC(=O)Nc1ccc(S(=O)(=O)N(C)CC(=O)NC(CC(C)(C)C)c2ccc(F)cc2)cc1. The van der Waals surface area contributed by atoms with Crippen molar-refractivity contribution >= 4 is 27.5 Å². The Bertz CT molecular complexity index is 1050. The quantitative estimate of drug-likeness (QED) is 0.624. The Hall–Kier alpha value is -2.78. The molecule has 2 aromatic carbocycles. The minimum Gasteiger partial charge on any atom is -0.348 e. The molecule has 2 aromatic rings. The number of nitrogens with one attached hydrogen (secondary N) is 2. The van der Waals surface area contributed by atoms with Gasteiger partial charge in [-0.3, -0.25) is 9.59 Å². The molecule has 1 unspecified atom stereocenters. The zero-order valence-electron chi connectivity index (χ0n) is 19.0. The maximum Gasteiger partial charge on any atom is 0.243 e.